The number of allylic oxidation sites excluding steroid dienone is 2. The largest absolute Gasteiger partial charge is 0.331 e. The van der Waals surface area contributed by atoms with Gasteiger partial charge in [-0.1, -0.05) is 19.0 Å². The Kier molecular flexibility index (Phi) is 2.16. The molecule has 0 spiro atoms. The van der Waals surface area contributed by atoms with E-state index in [2.05, 4.69) is 29.9 Å². The van der Waals surface area contributed by atoms with Crippen molar-refractivity contribution in [3.63, 3.8) is 0 Å². The third-order valence-electron chi connectivity index (χ3n) is 3.61. The highest BCUT2D eigenvalue weighted by molar-refractivity contribution is 6.09. The van der Waals surface area contributed by atoms with Gasteiger partial charge in [0.05, 0.1) is 11.8 Å². The summed E-state index contributed by atoms with van der Waals surface area (Å²) in [5.41, 5.74) is 2.50. The molecule has 4 heteroatoms. The van der Waals surface area contributed by atoms with Crippen molar-refractivity contribution >= 4 is 11.7 Å². The highest BCUT2D eigenvalue weighted by atomic mass is 16.7. The van der Waals surface area contributed by atoms with Gasteiger partial charge in [-0.05, 0) is 17.9 Å². The molecule has 0 saturated heterocycles. The lowest BCUT2D eigenvalue weighted by molar-refractivity contribution is -0.140. The van der Waals surface area contributed by atoms with Gasteiger partial charge in [-0.2, -0.15) is 5.26 Å². The first-order valence-electron chi connectivity index (χ1n) is 5.28. The average Bonchev–Trinajstić information content (AvgIpc) is 2.61. The van der Waals surface area contributed by atoms with E-state index in [4.69, 9.17) is 5.26 Å². The Hall–Kier alpha value is -1.63. The summed E-state index contributed by atoms with van der Waals surface area (Å²) >= 11 is 0. The van der Waals surface area contributed by atoms with Gasteiger partial charge in [0.15, 0.2) is 0 Å². The molecule has 2 aliphatic carbocycles. The second-order valence-electron chi connectivity index (χ2n) is 4.99. The van der Waals surface area contributed by atoms with Crippen LogP contribution in [0.3, 0.4) is 0 Å². The number of carbonyl (C=O) groups is 1. The number of hydrogen-bond donors (Lipinski definition) is 0. The van der Waals surface area contributed by atoms with Crippen molar-refractivity contribution in [2.75, 3.05) is 0 Å². The van der Waals surface area contributed by atoms with Crippen LogP contribution < -0.4 is 0 Å². The first-order chi connectivity index (χ1) is 7.41. The Bertz CT molecular complexity index is 466. The zero-order valence-electron chi connectivity index (χ0n) is 9.87. The number of nitriles is 1. The van der Waals surface area contributed by atoms with Crippen molar-refractivity contribution in [3.05, 3.63) is 11.1 Å². The van der Waals surface area contributed by atoms with Crippen LogP contribution in [0.1, 0.15) is 27.7 Å². The van der Waals surface area contributed by atoms with Crippen LogP contribution in [0, 0.1) is 28.6 Å². The monoisotopic (exact) mass is 218 g/mol. The van der Waals surface area contributed by atoms with Crippen LogP contribution in [0.4, 0.5) is 0 Å². The minimum absolute atomic E-state index is 0.0730. The lowest BCUT2D eigenvalue weighted by Gasteiger charge is -2.10. The summed E-state index contributed by atoms with van der Waals surface area (Å²) in [6, 6.07) is 2.24. The van der Waals surface area contributed by atoms with Crippen molar-refractivity contribution in [2.24, 2.45) is 22.4 Å². The smallest absolute Gasteiger partial charge is 0.318 e. The summed E-state index contributed by atoms with van der Waals surface area (Å²) in [6.45, 7) is 7.40. The fourth-order valence-electron chi connectivity index (χ4n) is 2.68. The molecule has 4 nitrogen and oxygen atoms in total. The number of rotatable bonds is 1. The molecule has 0 radical (unpaired) electrons. The van der Waals surface area contributed by atoms with Crippen LogP contribution in [-0.4, -0.2) is 11.7 Å². The van der Waals surface area contributed by atoms with Gasteiger partial charge < -0.3 is 4.84 Å². The van der Waals surface area contributed by atoms with Crippen molar-refractivity contribution in [3.8, 4) is 6.07 Å². The van der Waals surface area contributed by atoms with E-state index in [1.54, 1.807) is 0 Å². The van der Waals surface area contributed by atoms with E-state index in [-0.39, 0.29) is 17.3 Å². The molecule has 0 aromatic rings. The molecule has 0 heterocycles. The Morgan fingerprint density at radius 1 is 1.50 bits per heavy atom. The number of oxime groups is 1. The predicted octanol–water partition coefficient (Wildman–Crippen LogP) is 2.03. The molecule has 1 saturated carbocycles. The summed E-state index contributed by atoms with van der Waals surface area (Å²) < 4.78 is 0. The first-order valence-corrected chi connectivity index (χ1v) is 5.28. The summed E-state index contributed by atoms with van der Waals surface area (Å²) in [7, 11) is 0. The van der Waals surface area contributed by atoms with Crippen LogP contribution in [0.15, 0.2) is 16.3 Å². The van der Waals surface area contributed by atoms with Gasteiger partial charge in [-0.15, -0.1) is 0 Å². The molecule has 0 N–H and O–H groups in total. The number of carbonyl (C=O) groups excluding carboxylic acids is 1. The highest BCUT2D eigenvalue weighted by Gasteiger charge is 2.66. The maximum absolute atomic E-state index is 10.7. The number of nitrogens with zero attached hydrogens (tertiary/aromatic N) is 2. The second-order valence-corrected chi connectivity index (χ2v) is 4.99. The van der Waals surface area contributed by atoms with E-state index in [9.17, 15) is 4.79 Å². The SMILES string of the molecule is CC(=O)O/N=C1\C(C)=C(C#N)[C@H]2[C@@H]1C2(C)C. The molecule has 1 fully saturated rings. The molecular formula is C12H14N2O2. The Morgan fingerprint density at radius 2 is 2.12 bits per heavy atom. The zero-order valence-corrected chi connectivity index (χ0v) is 9.87. The van der Waals surface area contributed by atoms with E-state index < -0.39 is 5.97 Å². The third kappa shape index (κ3) is 1.28. The maximum atomic E-state index is 10.7. The fraction of sp³-hybridized carbons (Fsp3) is 0.583. The summed E-state index contributed by atoms with van der Waals surface area (Å²) in [5, 5.41) is 13.0. The van der Waals surface area contributed by atoms with E-state index in [1.165, 1.54) is 6.92 Å². The first kappa shape index (κ1) is 10.9. The Balaban J connectivity index is 2.35. The van der Waals surface area contributed by atoms with Gasteiger partial charge in [-0.3, -0.25) is 0 Å². The quantitative estimate of drug-likeness (QED) is 0.499. The molecule has 2 aliphatic rings. The molecule has 0 amide bonds. The van der Waals surface area contributed by atoms with Gasteiger partial charge in [-0.25, -0.2) is 4.79 Å². The lowest BCUT2D eigenvalue weighted by Crippen LogP contribution is -2.10. The normalized spacial score (nSPS) is 32.3. The molecule has 0 aromatic heterocycles. The second kappa shape index (κ2) is 3.18. The topological polar surface area (TPSA) is 62.4 Å². The van der Waals surface area contributed by atoms with Crippen molar-refractivity contribution in [1.82, 2.24) is 0 Å². The molecule has 2 rings (SSSR count). The van der Waals surface area contributed by atoms with Crippen molar-refractivity contribution in [1.29, 1.82) is 5.26 Å². The summed E-state index contributed by atoms with van der Waals surface area (Å²) in [6.07, 6.45) is 0. The third-order valence-corrected chi connectivity index (χ3v) is 3.61. The zero-order chi connectivity index (χ0) is 12.1. The Morgan fingerprint density at radius 3 is 2.56 bits per heavy atom. The predicted molar refractivity (Wildman–Crippen MR) is 58.3 cm³/mol. The molecule has 16 heavy (non-hydrogen) atoms. The molecule has 0 aromatic carbocycles. The van der Waals surface area contributed by atoms with E-state index in [0.717, 1.165) is 16.9 Å². The van der Waals surface area contributed by atoms with E-state index >= 15 is 0 Å². The molecule has 2 atom stereocenters. The minimum Gasteiger partial charge on any atom is -0.318 e. The molecule has 0 bridgehead atoms. The molecule has 84 valence electrons. The van der Waals surface area contributed by atoms with E-state index in [1.807, 2.05) is 6.92 Å². The van der Waals surface area contributed by atoms with Gasteiger partial charge in [0, 0.05) is 24.3 Å². The van der Waals surface area contributed by atoms with Crippen LogP contribution in [0.2, 0.25) is 0 Å². The Labute approximate surface area is 94.6 Å². The molecular weight excluding hydrogens is 204 g/mol. The molecule has 0 aliphatic heterocycles. The average molecular weight is 218 g/mol. The van der Waals surface area contributed by atoms with Gasteiger partial charge >= 0.3 is 5.97 Å². The minimum atomic E-state index is -0.430. The summed E-state index contributed by atoms with van der Waals surface area (Å²) in [5.74, 6) is 0.0639. The van der Waals surface area contributed by atoms with Crippen LogP contribution in [0.5, 0.6) is 0 Å². The highest BCUT2D eigenvalue weighted by Crippen LogP contribution is 2.67. The van der Waals surface area contributed by atoms with E-state index in [0.29, 0.717) is 0 Å². The van der Waals surface area contributed by atoms with Gasteiger partial charge in [0.1, 0.15) is 0 Å². The van der Waals surface area contributed by atoms with Gasteiger partial charge in [0.2, 0.25) is 0 Å². The number of fused-ring (bicyclic) bond motifs is 1. The summed E-state index contributed by atoms with van der Waals surface area (Å²) in [4.78, 5) is 15.4. The van der Waals surface area contributed by atoms with Gasteiger partial charge in [0.25, 0.3) is 0 Å². The number of hydrogen-bond acceptors (Lipinski definition) is 4. The lowest BCUT2D eigenvalue weighted by atomic mass is 9.95. The fourth-order valence-corrected chi connectivity index (χ4v) is 2.68. The molecule has 0 unspecified atom stereocenters. The standard InChI is InChI=1S/C12H14N2O2/c1-6-8(5-13)9-10(12(9,3)4)11(6)14-16-7(2)15/h9-10H,1-4H3/b14-11+/t9-,10-/m0/s1. The van der Waals surface area contributed by atoms with Crippen LogP contribution >= 0.6 is 0 Å². The van der Waals surface area contributed by atoms with Crippen LogP contribution in [0.25, 0.3) is 0 Å². The van der Waals surface area contributed by atoms with Crippen LogP contribution in [-0.2, 0) is 9.63 Å². The van der Waals surface area contributed by atoms with Crippen molar-refractivity contribution in [2.45, 2.75) is 27.7 Å². The maximum Gasteiger partial charge on any atom is 0.331 e. The van der Waals surface area contributed by atoms with Crippen molar-refractivity contribution < 1.29 is 9.63 Å².